The van der Waals surface area contributed by atoms with E-state index in [1.165, 1.54) is 5.56 Å². The third-order valence-electron chi connectivity index (χ3n) is 3.54. The lowest BCUT2D eigenvalue weighted by molar-refractivity contribution is -0.138. The number of nitrogens with zero attached hydrogens (tertiary/aromatic N) is 1. The first-order chi connectivity index (χ1) is 9.13. The molecule has 2 rings (SSSR count). The van der Waals surface area contributed by atoms with E-state index in [1.807, 2.05) is 30.3 Å². The quantitative estimate of drug-likeness (QED) is 0.746. The average Bonchev–Trinajstić information content (AvgIpc) is 2.73. The van der Waals surface area contributed by atoms with Crippen LogP contribution in [0.25, 0.3) is 0 Å². The van der Waals surface area contributed by atoms with E-state index < -0.39 is 11.5 Å². The number of carbonyl (C=O) groups is 2. The van der Waals surface area contributed by atoms with Crippen LogP contribution >= 0.6 is 0 Å². The van der Waals surface area contributed by atoms with E-state index in [9.17, 15) is 9.59 Å². The van der Waals surface area contributed by atoms with Gasteiger partial charge < -0.3 is 10.4 Å². The first-order valence-electron chi connectivity index (χ1n) is 6.33. The van der Waals surface area contributed by atoms with Crippen LogP contribution in [0.5, 0.6) is 0 Å². The van der Waals surface area contributed by atoms with Crippen molar-refractivity contribution in [1.82, 2.24) is 10.2 Å². The first-order valence-corrected chi connectivity index (χ1v) is 6.33. The lowest BCUT2D eigenvalue weighted by Gasteiger charge is -2.27. The summed E-state index contributed by atoms with van der Waals surface area (Å²) in [7, 11) is 0. The summed E-state index contributed by atoms with van der Waals surface area (Å²) in [6.07, 6.45) is 1.25. The predicted octanol–water partition coefficient (Wildman–Crippen LogP) is 0.852. The summed E-state index contributed by atoms with van der Waals surface area (Å²) in [6.45, 7) is 2.15. The molecule has 0 spiro atoms. The SMILES string of the molecule is O=CNC1(CC(=O)O)CCN(Cc2ccccc2)C1. The number of aliphatic carboxylic acids is 1. The van der Waals surface area contributed by atoms with Crippen LogP contribution in [0, 0.1) is 0 Å². The number of nitrogens with one attached hydrogen (secondary N) is 1. The number of hydrogen-bond acceptors (Lipinski definition) is 3. The zero-order valence-electron chi connectivity index (χ0n) is 10.7. The molecule has 1 aromatic rings. The second-order valence-electron chi connectivity index (χ2n) is 5.06. The molecule has 1 aliphatic heterocycles. The molecule has 0 aromatic heterocycles. The van der Waals surface area contributed by atoms with Gasteiger partial charge in [-0.2, -0.15) is 0 Å². The van der Waals surface area contributed by atoms with E-state index in [0.717, 1.165) is 13.1 Å². The molecule has 0 radical (unpaired) electrons. The molecule has 1 aromatic carbocycles. The standard InChI is InChI=1S/C14H18N2O3/c17-11-15-14(8-13(18)19)6-7-16(10-14)9-12-4-2-1-3-5-12/h1-5,11H,6-10H2,(H,15,17)(H,18,19). The van der Waals surface area contributed by atoms with E-state index in [4.69, 9.17) is 5.11 Å². The number of hydrogen-bond donors (Lipinski definition) is 2. The summed E-state index contributed by atoms with van der Waals surface area (Å²) in [5.41, 5.74) is 0.572. The van der Waals surface area contributed by atoms with Crippen LogP contribution in [-0.4, -0.2) is 41.0 Å². The molecule has 102 valence electrons. The molecule has 0 bridgehead atoms. The average molecular weight is 262 g/mol. The normalized spacial score (nSPS) is 23.2. The van der Waals surface area contributed by atoms with Gasteiger partial charge in [0.05, 0.1) is 12.0 Å². The lowest BCUT2D eigenvalue weighted by atomic mass is 9.94. The molecule has 0 saturated carbocycles. The summed E-state index contributed by atoms with van der Waals surface area (Å²) in [5, 5.41) is 11.7. The number of carboxylic acids is 1. The maximum absolute atomic E-state index is 10.9. The van der Waals surface area contributed by atoms with Crippen LogP contribution < -0.4 is 5.32 Å². The van der Waals surface area contributed by atoms with E-state index in [0.29, 0.717) is 19.4 Å². The van der Waals surface area contributed by atoms with Crippen LogP contribution in [0.15, 0.2) is 30.3 Å². The van der Waals surface area contributed by atoms with Crippen LogP contribution in [0.1, 0.15) is 18.4 Å². The van der Waals surface area contributed by atoms with Crippen molar-refractivity contribution in [3.05, 3.63) is 35.9 Å². The minimum atomic E-state index is -0.879. The van der Waals surface area contributed by atoms with Crippen molar-refractivity contribution >= 4 is 12.4 Å². The van der Waals surface area contributed by atoms with Crippen molar-refractivity contribution in [2.45, 2.75) is 24.9 Å². The highest BCUT2D eigenvalue weighted by Gasteiger charge is 2.39. The van der Waals surface area contributed by atoms with Gasteiger partial charge in [-0.15, -0.1) is 0 Å². The van der Waals surface area contributed by atoms with E-state index in [1.54, 1.807) is 0 Å². The minimum absolute atomic E-state index is 0.0307. The molecule has 1 saturated heterocycles. The highest BCUT2D eigenvalue weighted by molar-refractivity contribution is 5.69. The molecular formula is C14H18N2O3. The van der Waals surface area contributed by atoms with Gasteiger partial charge in [0.25, 0.3) is 0 Å². The Kier molecular flexibility index (Phi) is 4.16. The van der Waals surface area contributed by atoms with Crippen molar-refractivity contribution in [3.8, 4) is 0 Å². The fourth-order valence-corrected chi connectivity index (χ4v) is 2.66. The van der Waals surface area contributed by atoms with E-state index in [2.05, 4.69) is 10.2 Å². The van der Waals surface area contributed by atoms with Gasteiger partial charge in [0.1, 0.15) is 0 Å². The number of rotatable bonds is 6. The molecule has 1 atom stereocenters. The Hall–Kier alpha value is -1.88. The van der Waals surface area contributed by atoms with Gasteiger partial charge in [-0.3, -0.25) is 14.5 Å². The van der Waals surface area contributed by atoms with Crippen LogP contribution in [0.2, 0.25) is 0 Å². The molecule has 1 fully saturated rings. The zero-order chi connectivity index (χ0) is 13.7. The van der Waals surface area contributed by atoms with E-state index in [-0.39, 0.29) is 6.42 Å². The topological polar surface area (TPSA) is 69.6 Å². The highest BCUT2D eigenvalue weighted by Crippen LogP contribution is 2.25. The van der Waals surface area contributed by atoms with Gasteiger partial charge in [0.15, 0.2) is 0 Å². The molecule has 5 heteroatoms. The Labute approximate surface area is 112 Å². The van der Waals surface area contributed by atoms with Gasteiger partial charge in [-0.25, -0.2) is 0 Å². The number of carboxylic acid groups (broad SMARTS) is 1. The van der Waals surface area contributed by atoms with Crippen molar-refractivity contribution in [1.29, 1.82) is 0 Å². The second kappa shape index (κ2) is 5.84. The molecular weight excluding hydrogens is 244 g/mol. The summed E-state index contributed by atoms with van der Waals surface area (Å²) in [5.74, 6) is -0.879. The Balaban J connectivity index is 2.00. The molecule has 2 N–H and O–H groups in total. The molecule has 1 heterocycles. The van der Waals surface area contributed by atoms with Crippen LogP contribution in [0.4, 0.5) is 0 Å². The third-order valence-corrected chi connectivity index (χ3v) is 3.54. The smallest absolute Gasteiger partial charge is 0.305 e. The summed E-state index contributed by atoms with van der Waals surface area (Å²) in [6, 6.07) is 10.0. The maximum atomic E-state index is 10.9. The first kappa shape index (κ1) is 13.5. The number of amides is 1. The Morgan fingerprint density at radius 2 is 2.16 bits per heavy atom. The maximum Gasteiger partial charge on any atom is 0.305 e. The van der Waals surface area contributed by atoms with Gasteiger partial charge in [0, 0.05) is 19.6 Å². The summed E-state index contributed by atoms with van der Waals surface area (Å²) < 4.78 is 0. The minimum Gasteiger partial charge on any atom is -0.481 e. The number of benzene rings is 1. The van der Waals surface area contributed by atoms with Crippen molar-refractivity contribution < 1.29 is 14.7 Å². The lowest BCUT2D eigenvalue weighted by Crippen LogP contribution is -2.48. The fraction of sp³-hybridized carbons (Fsp3) is 0.429. The van der Waals surface area contributed by atoms with E-state index >= 15 is 0 Å². The summed E-state index contributed by atoms with van der Waals surface area (Å²) in [4.78, 5) is 23.8. The Morgan fingerprint density at radius 3 is 2.79 bits per heavy atom. The largest absolute Gasteiger partial charge is 0.481 e. The Morgan fingerprint density at radius 1 is 1.42 bits per heavy atom. The third kappa shape index (κ3) is 3.54. The highest BCUT2D eigenvalue weighted by atomic mass is 16.4. The molecule has 0 aliphatic carbocycles. The number of carbonyl (C=O) groups excluding carboxylic acids is 1. The van der Waals surface area contributed by atoms with Gasteiger partial charge in [0.2, 0.25) is 6.41 Å². The van der Waals surface area contributed by atoms with Crippen LogP contribution in [0.3, 0.4) is 0 Å². The second-order valence-corrected chi connectivity index (χ2v) is 5.06. The fourth-order valence-electron chi connectivity index (χ4n) is 2.66. The van der Waals surface area contributed by atoms with Crippen molar-refractivity contribution in [2.75, 3.05) is 13.1 Å². The van der Waals surface area contributed by atoms with Crippen molar-refractivity contribution in [3.63, 3.8) is 0 Å². The molecule has 1 amide bonds. The number of likely N-dealkylation sites (tertiary alicyclic amines) is 1. The van der Waals surface area contributed by atoms with Gasteiger partial charge >= 0.3 is 5.97 Å². The van der Waals surface area contributed by atoms with Crippen LogP contribution in [-0.2, 0) is 16.1 Å². The Bertz CT molecular complexity index is 449. The zero-order valence-corrected chi connectivity index (χ0v) is 10.7. The molecule has 1 unspecified atom stereocenters. The van der Waals surface area contributed by atoms with Gasteiger partial charge in [-0.1, -0.05) is 30.3 Å². The monoisotopic (exact) mass is 262 g/mol. The molecule has 19 heavy (non-hydrogen) atoms. The van der Waals surface area contributed by atoms with Crippen molar-refractivity contribution in [2.24, 2.45) is 0 Å². The molecule has 5 nitrogen and oxygen atoms in total. The predicted molar refractivity (Wildman–Crippen MR) is 70.5 cm³/mol. The van der Waals surface area contributed by atoms with Gasteiger partial charge in [-0.05, 0) is 12.0 Å². The summed E-state index contributed by atoms with van der Waals surface area (Å²) >= 11 is 0. The molecule has 1 aliphatic rings.